The van der Waals surface area contributed by atoms with Crippen LogP contribution in [0.1, 0.15) is 40.8 Å². The molecule has 3 rings (SSSR count). The van der Waals surface area contributed by atoms with E-state index < -0.39 is 74.0 Å². The normalized spacial score (nSPS) is 23.4. The molecular formula is C24H32N3O10P. The number of hydrogen-bond acceptors (Lipinski definition) is 10. The van der Waals surface area contributed by atoms with Crippen LogP contribution in [0.4, 0.5) is 0 Å². The first-order chi connectivity index (χ1) is 17.9. The standard InChI is InChI=1S/C24H32N3O10P/c1-14(2)34-23(30)16(4)26-38(32,37-18-9-7-6-8-10-18)33-13-19-21(35-17(5)28)15(3)22(36-19)27-12-11-20(29)25-24(27)31/h6-12,14-16,19,21-22H,13H2,1-5H3,(H,26,32)(H,25,29,31)/t15?,16-,19?,21?,22?,38?/m0/s1. The van der Waals surface area contributed by atoms with E-state index in [0.717, 1.165) is 10.6 Å². The molecule has 2 heterocycles. The number of esters is 2. The van der Waals surface area contributed by atoms with Crippen molar-refractivity contribution >= 4 is 19.7 Å². The Labute approximate surface area is 219 Å². The summed E-state index contributed by atoms with van der Waals surface area (Å²) in [7, 11) is -4.22. The van der Waals surface area contributed by atoms with Gasteiger partial charge in [-0.05, 0) is 32.9 Å². The first kappa shape index (κ1) is 29.3. The van der Waals surface area contributed by atoms with Crippen molar-refractivity contribution in [3.05, 3.63) is 63.4 Å². The third-order valence-corrected chi connectivity index (χ3v) is 7.15. The molecule has 14 heteroatoms. The molecule has 1 aliphatic rings. The van der Waals surface area contributed by atoms with E-state index in [1.807, 2.05) is 0 Å². The Morgan fingerprint density at radius 1 is 1.16 bits per heavy atom. The molecule has 0 bridgehead atoms. The molecule has 38 heavy (non-hydrogen) atoms. The average molecular weight is 554 g/mol. The van der Waals surface area contributed by atoms with Gasteiger partial charge in [0.05, 0.1) is 12.7 Å². The van der Waals surface area contributed by atoms with E-state index in [9.17, 15) is 23.7 Å². The van der Waals surface area contributed by atoms with Gasteiger partial charge in [-0.15, -0.1) is 0 Å². The summed E-state index contributed by atoms with van der Waals surface area (Å²) >= 11 is 0. The maximum absolute atomic E-state index is 13.8. The zero-order valence-electron chi connectivity index (χ0n) is 21.7. The van der Waals surface area contributed by atoms with Crippen LogP contribution in [0.2, 0.25) is 0 Å². The second-order valence-electron chi connectivity index (χ2n) is 9.05. The Kier molecular flexibility index (Phi) is 9.66. The fourth-order valence-electron chi connectivity index (χ4n) is 3.84. The van der Waals surface area contributed by atoms with Gasteiger partial charge in [0, 0.05) is 25.1 Å². The molecule has 0 radical (unpaired) electrons. The van der Waals surface area contributed by atoms with Gasteiger partial charge in [-0.3, -0.25) is 28.5 Å². The number of benzene rings is 1. The Morgan fingerprint density at radius 2 is 1.84 bits per heavy atom. The Bertz CT molecular complexity index is 1280. The van der Waals surface area contributed by atoms with E-state index in [-0.39, 0.29) is 5.75 Å². The van der Waals surface area contributed by atoms with Crippen molar-refractivity contribution in [1.82, 2.24) is 14.6 Å². The number of nitrogens with zero attached hydrogens (tertiary/aromatic N) is 1. The topological polar surface area (TPSA) is 164 Å². The lowest BCUT2D eigenvalue weighted by Crippen LogP contribution is -2.38. The highest BCUT2D eigenvalue weighted by Gasteiger charge is 2.47. The molecule has 0 spiro atoms. The van der Waals surface area contributed by atoms with E-state index >= 15 is 0 Å². The molecule has 0 aliphatic carbocycles. The zero-order valence-corrected chi connectivity index (χ0v) is 22.6. The molecule has 5 unspecified atom stereocenters. The third kappa shape index (κ3) is 7.64. The minimum Gasteiger partial charge on any atom is -0.462 e. The summed E-state index contributed by atoms with van der Waals surface area (Å²) in [5.41, 5.74) is -1.29. The summed E-state index contributed by atoms with van der Waals surface area (Å²) < 4.78 is 42.8. The lowest BCUT2D eigenvalue weighted by Gasteiger charge is -2.26. The van der Waals surface area contributed by atoms with Crippen molar-refractivity contribution in [3.8, 4) is 5.75 Å². The van der Waals surface area contributed by atoms with Gasteiger partial charge in [-0.2, -0.15) is 5.09 Å². The van der Waals surface area contributed by atoms with Crippen molar-refractivity contribution < 1.29 is 37.4 Å². The Morgan fingerprint density at radius 3 is 2.45 bits per heavy atom. The first-order valence-corrected chi connectivity index (χ1v) is 13.5. The number of hydrogen-bond donors (Lipinski definition) is 2. The van der Waals surface area contributed by atoms with Crippen molar-refractivity contribution in [1.29, 1.82) is 0 Å². The van der Waals surface area contributed by atoms with Crippen LogP contribution in [0.15, 0.2) is 52.2 Å². The summed E-state index contributed by atoms with van der Waals surface area (Å²) in [4.78, 5) is 50.2. The van der Waals surface area contributed by atoms with Crippen LogP contribution >= 0.6 is 7.75 Å². The number of aromatic nitrogens is 2. The minimum atomic E-state index is -4.22. The van der Waals surface area contributed by atoms with Gasteiger partial charge in [0.1, 0.15) is 30.2 Å². The Hall–Kier alpha value is -3.25. The zero-order chi connectivity index (χ0) is 28.0. The molecule has 208 valence electrons. The molecule has 1 aromatic carbocycles. The van der Waals surface area contributed by atoms with Gasteiger partial charge in [-0.25, -0.2) is 9.36 Å². The monoisotopic (exact) mass is 553 g/mol. The van der Waals surface area contributed by atoms with Crippen LogP contribution in [0.25, 0.3) is 0 Å². The largest absolute Gasteiger partial charge is 0.462 e. The lowest BCUT2D eigenvalue weighted by molar-refractivity contribution is -0.152. The highest BCUT2D eigenvalue weighted by Crippen LogP contribution is 2.46. The van der Waals surface area contributed by atoms with Crippen molar-refractivity contribution in [3.63, 3.8) is 0 Å². The van der Waals surface area contributed by atoms with Gasteiger partial charge in [0.2, 0.25) is 0 Å². The number of ether oxygens (including phenoxy) is 3. The number of rotatable bonds is 11. The van der Waals surface area contributed by atoms with Gasteiger partial charge in [-0.1, -0.05) is 25.1 Å². The molecule has 1 fully saturated rings. The van der Waals surface area contributed by atoms with Gasteiger partial charge >= 0.3 is 25.4 Å². The fraction of sp³-hybridized carbons (Fsp3) is 0.500. The number of carbonyl (C=O) groups excluding carboxylic acids is 2. The molecule has 1 saturated heterocycles. The van der Waals surface area contributed by atoms with Crippen LogP contribution < -0.4 is 20.9 Å². The molecule has 2 N–H and O–H groups in total. The summed E-state index contributed by atoms with van der Waals surface area (Å²) in [6.45, 7) is 7.32. The first-order valence-electron chi connectivity index (χ1n) is 12.0. The molecule has 6 atom stereocenters. The fourth-order valence-corrected chi connectivity index (χ4v) is 5.34. The van der Waals surface area contributed by atoms with Crippen LogP contribution in [0.5, 0.6) is 5.75 Å². The van der Waals surface area contributed by atoms with E-state index in [1.165, 1.54) is 20.0 Å². The lowest BCUT2D eigenvalue weighted by atomic mass is 10.0. The molecule has 13 nitrogen and oxygen atoms in total. The quantitative estimate of drug-likeness (QED) is 0.309. The molecule has 0 saturated carbocycles. The predicted molar refractivity (Wildman–Crippen MR) is 134 cm³/mol. The van der Waals surface area contributed by atoms with E-state index in [1.54, 1.807) is 51.1 Å². The minimum absolute atomic E-state index is 0.211. The van der Waals surface area contributed by atoms with E-state index in [2.05, 4.69) is 10.1 Å². The van der Waals surface area contributed by atoms with E-state index in [4.69, 9.17) is 23.3 Å². The molecule has 2 aromatic rings. The van der Waals surface area contributed by atoms with Crippen LogP contribution in [-0.4, -0.2) is 52.5 Å². The Balaban J connectivity index is 1.84. The second-order valence-corrected chi connectivity index (χ2v) is 10.7. The van der Waals surface area contributed by atoms with Crippen molar-refractivity contribution in [2.75, 3.05) is 6.61 Å². The number of H-pyrrole nitrogens is 1. The molecule has 0 amide bonds. The summed E-state index contributed by atoms with van der Waals surface area (Å²) in [5.74, 6) is -1.61. The summed E-state index contributed by atoms with van der Waals surface area (Å²) in [6, 6.07) is 8.29. The number of aromatic amines is 1. The van der Waals surface area contributed by atoms with Gasteiger partial charge < -0.3 is 18.7 Å². The van der Waals surface area contributed by atoms with Gasteiger partial charge in [0.25, 0.3) is 5.56 Å². The van der Waals surface area contributed by atoms with E-state index in [0.29, 0.717) is 0 Å². The average Bonchev–Trinajstić information content (AvgIpc) is 3.12. The summed E-state index contributed by atoms with van der Waals surface area (Å²) in [5, 5.41) is 2.57. The maximum Gasteiger partial charge on any atom is 0.459 e. The van der Waals surface area contributed by atoms with Crippen molar-refractivity contribution in [2.45, 2.75) is 65.2 Å². The summed E-state index contributed by atoms with van der Waals surface area (Å²) in [6.07, 6.45) is -1.94. The smallest absolute Gasteiger partial charge is 0.459 e. The predicted octanol–water partition coefficient (Wildman–Crippen LogP) is 2.14. The SMILES string of the molecule is CC(=O)OC1C(COP(=O)(N[C@@H](C)C(=O)OC(C)C)Oc2ccccc2)OC(n2ccc(=O)[nH]c2=O)C1C. The molecule has 1 aliphatic heterocycles. The van der Waals surface area contributed by atoms with Crippen LogP contribution in [0.3, 0.4) is 0 Å². The van der Waals surface area contributed by atoms with Crippen LogP contribution in [0, 0.1) is 5.92 Å². The maximum atomic E-state index is 13.8. The van der Waals surface area contributed by atoms with Crippen molar-refractivity contribution in [2.24, 2.45) is 5.92 Å². The van der Waals surface area contributed by atoms with Gasteiger partial charge in [0.15, 0.2) is 0 Å². The third-order valence-electron chi connectivity index (χ3n) is 5.51. The van der Waals surface area contributed by atoms with Crippen LogP contribution in [-0.2, 0) is 32.9 Å². The number of para-hydroxylation sites is 1. The highest BCUT2D eigenvalue weighted by atomic mass is 31.2. The number of nitrogens with one attached hydrogen (secondary N) is 2. The second kappa shape index (κ2) is 12.5. The number of carbonyl (C=O) groups is 2. The molecule has 1 aromatic heterocycles. The molecular weight excluding hydrogens is 521 g/mol. The highest BCUT2D eigenvalue weighted by molar-refractivity contribution is 7.52.